The van der Waals surface area contributed by atoms with Crippen LogP contribution < -0.4 is 21.3 Å². The third-order valence-electron chi connectivity index (χ3n) is 13.1. The summed E-state index contributed by atoms with van der Waals surface area (Å²) in [6.45, 7) is 12.2. The van der Waals surface area contributed by atoms with Crippen molar-refractivity contribution >= 4 is 39.4 Å². The Balaban J connectivity index is 1.24. The average Bonchev–Trinajstić information content (AvgIpc) is 3.89. The number of rotatable bonds is 17. The summed E-state index contributed by atoms with van der Waals surface area (Å²) in [6, 6.07) is 4.50. The van der Waals surface area contributed by atoms with Gasteiger partial charge in [0.05, 0.1) is 23.1 Å². The van der Waals surface area contributed by atoms with E-state index in [0.717, 1.165) is 43.2 Å². The number of carbonyl (C=O) groups is 5. The van der Waals surface area contributed by atoms with Crippen molar-refractivity contribution in [3.8, 4) is 0 Å². The van der Waals surface area contributed by atoms with Crippen LogP contribution in [0.4, 0.5) is 4.79 Å². The van der Waals surface area contributed by atoms with Crippen molar-refractivity contribution in [1.82, 2.24) is 26.2 Å². The first-order valence-electron chi connectivity index (χ1n) is 20.4. The van der Waals surface area contributed by atoms with Crippen molar-refractivity contribution < 1.29 is 32.4 Å². The third-order valence-corrected chi connectivity index (χ3v) is 14.9. The van der Waals surface area contributed by atoms with Crippen molar-refractivity contribution in [3.05, 3.63) is 48.0 Å². The largest absolute Gasteiger partial charge is 0.346 e. The molecule has 5 aliphatic rings. The number of carbonyl (C=O) groups excluding carboxylic acids is 5. The Kier molecular flexibility index (Phi) is 12.2. The summed E-state index contributed by atoms with van der Waals surface area (Å²) in [5, 5.41) is 11.6. The van der Waals surface area contributed by atoms with Gasteiger partial charge in [-0.25, -0.2) is 13.2 Å². The summed E-state index contributed by atoms with van der Waals surface area (Å²) in [5.74, 6) is -2.34. The van der Waals surface area contributed by atoms with Crippen molar-refractivity contribution in [2.45, 2.75) is 122 Å². The van der Waals surface area contributed by atoms with Gasteiger partial charge in [0.25, 0.3) is 5.91 Å². The van der Waals surface area contributed by atoms with E-state index in [0.29, 0.717) is 45.1 Å². The summed E-state index contributed by atoms with van der Waals surface area (Å²) in [6.07, 6.45) is 8.96. The lowest BCUT2D eigenvalue weighted by molar-refractivity contribution is -0.144. The fourth-order valence-corrected chi connectivity index (χ4v) is 11.8. The van der Waals surface area contributed by atoms with Crippen LogP contribution in [0.1, 0.15) is 96.6 Å². The van der Waals surface area contributed by atoms with Crippen molar-refractivity contribution in [2.24, 2.45) is 35.0 Å². The van der Waals surface area contributed by atoms with Gasteiger partial charge in [0, 0.05) is 13.1 Å². The van der Waals surface area contributed by atoms with E-state index in [-0.39, 0.29) is 59.0 Å². The third kappa shape index (κ3) is 9.46. The Morgan fingerprint density at radius 2 is 1.64 bits per heavy atom. The molecule has 1 aliphatic heterocycles. The summed E-state index contributed by atoms with van der Waals surface area (Å²) >= 11 is 0. The molecule has 13 heteroatoms. The number of likely N-dealkylation sites (tertiary alicyclic amines) is 1. The van der Waals surface area contributed by atoms with Gasteiger partial charge in [-0.1, -0.05) is 90.1 Å². The Morgan fingerprint density at radius 1 is 0.982 bits per heavy atom. The number of ketones is 1. The van der Waals surface area contributed by atoms with Gasteiger partial charge in [-0.3, -0.25) is 19.2 Å². The maximum absolute atomic E-state index is 15.0. The summed E-state index contributed by atoms with van der Waals surface area (Å²) < 4.78 is 26.7. The molecular weight excluding hydrogens is 719 g/mol. The highest BCUT2D eigenvalue weighted by Crippen LogP contribution is 2.65. The number of sulfone groups is 1. The van der Waals surface area contributed by atoms with E-state index in [4.69, 9.17) is 0 Å². The van der Waals surface area contributed by atoms with Crippen molar-refractivity contribution in [2.75, 3.05) is 24.6 Å². The molecule has 4 aliphatic carbocycles. The molecule has 0 spiro atoms. The molecule has 1 heterocycles. The van der Waals surface area contributed by atoms with Crippen LogP contribution in [-0.4, -0.2) is 91.1 Å². The topological polar surface area (TPSA) is 171 Å². The van der Waals surface area contributed by atoms with Gasteiger partial charge < -0.3 is 26.2 Å². The standard InChI is InChI=1S/C42H61N5O7S/c1-6-19-43-38(50)36(48)32(21-27-14-15-27)44-37(49)35-33-31(41(33,4)5)24-47(35)39(51)34(30-22-28-12-8-9-13-29(28)23-30)45-40(52)46-42(17-10-7-11-18-42)25-55(53,54)20-16-26(2)3/h6,8-9,12-13,26-27,30-35H,1,7,10-11,14-25H2,2-5H3,(H,43,50)(H,44,49)(H2,45,46,52)/t31?,32?,33-,34-,35-/m0/s1. The molecule has 5 amide bonds. The van der Waals surface area contributed by atoms with E-state index in [2.05, 4.69) is 41.7 Å². The predicted octanol–water partition coefficient (Wildman–Crippen LogP) is 3.87. The SMILES string of the molecule is C=CCNC(=O)C(=O)C(CC1CC1)NC(=O)[C@@H]1[C@@H]2C(CN1C(=O)[C@@H](NC(=O)NC1(CS(=O)(=O)CCC(C)C)CCCCC1)C1Cc3ccccc3C1)C2(C)C. The number of amides is 5. The van der Waals surface area contributed by atoms with Crippen molar-refractivity contribution in [3.63, 3.8) is 0 Å². The molecule has 302 valence electrons. The summed E-state index contributed by atoms with van der Waals surface area (Å²) in [4.78, 5) is 71.1. The average molecular weight is 780 g/mol. The van der Waals surface area contributed by atoms with E-state index in [9.17, 15) is 32.4 Å². The zero-order valence-electron chi connectivity index (χ0n) is 33.0. The van der Waals surface area contributed by atoms with E-state index in [1.807, 2.05) is 38.1 Å². The van der Waals surface area contributed by atoms with E-state index in [1.165, 1.54) is 6.08 Å². The van der Waals surface area contributed by atoms with Crippen LogP contribution >= 0.6 is 0 Å². The lowest BCUT2D eigenvalue weighted by atomic mass is 9.83. The molecule has 3 saturated carbocycles. The molecule has 1 aromatic carbocycles. The Hall–Kier alpha value is -3.74. The van der Waals surface area contributed by atoms with Crippen LogP contribution in [-0.2, 0) is 41.9 Å². The number of fused-ring (bicyclic) bond motifs is 2. The Labute approximate surface area is 326 Å². The monoisotopic (exact) mass is 779 g/mol. The van der Waals surface area contributed by atoms with Gasteiger partial charge in [-0.2, -0.15) is 0 Å². The maximum atomic E-state index is 15.0. The number of hydrogen-bond acceptors (Lipinski definition) is 7. The second-order valence-electron chi connectivity index (χ2n) is 18.1. The van der Waals surface area contributed by atoms with Gasteiger partial charge in [-0.15, -0.1) is 6.58 Å². The smallest absolute Gasteiger partial charge is 0.315 e. The van der Waals surface area contributed by atoms with E-state index in [1.54, 1.807) is 4.90 Å². The molecule has 1 saturated heterocycles. The fraction of sp³-hybridized carbons (Fsp3) is 0.690. The lowest BCUT2D eigenvalue weighted by Gasteiger charge is -2.39. The highest BCUT2D eigenvalue weighted by atomic mass is 32.2. The zero-order chi connectivity index (χ0) is 39.7. The van der Waals surface area contributed by atoms with Crippen molar-refractivity contribution in [1.29, 1.82) is 0 Å². The number of nitrogens with zero attached hydrogens (tertiary/aromatic N) is 1. The first-order chi connectivity index (χ1) is 26.0. The summed E-state index contributed by atoms with van der Waals surface area (Å²) in [5.41, 5.74) is 1.05. The minimum Gasteiger partial charge on any atom is -0.346 e. The molecule has 12 nitrogen and oxygen atoms in total. The van der Waals surface area contributed by atoms with Crippen LogP contribution in [0, 0.1) is 35.0 Å². The molecule has 5 atom stereocenters. The Morgan fingerprint density at radius 3 is 2.24 bits per heavy atom. The number of Topliss-reactive ketones (excluding diaryl/α,β-unsaturated/α-hetero) is 1. The van der Waals surface area contributed by atoms with Gasteiger partial charge in [0.1, 0.15) is 12.1 Å². The predicted molar refractivity (Wildman–Crippen MR) is 210 cm³/mol. The normalized spacial score (nSPS) is 24.9. The van der Waals surface area contributed by atoms with Crippen LogP contribution in [0.25, 0.3) is 0 Å². The molecular formula is C42H61N5O7S. The number of piperidine rings is 1. The first-order valence-corrected chi connectivity index (χ1v) is 22.3. The Bertz CT molecular complexity index is 1740. The first kappa shape index (κ1) is 40.9. The van der Waals surface area contributed by atoms with Gasteiger partial charge in [0.15, 0.2) is 9.84 Å². The van der Waals surface area contributed by atoms with Crippen LogP contribution in [0.3, 0.4) is 0 Å². The van der Waals surface area contributed by atoms with E-state index < -0.39 is 57.1 Å². The molecule has 6 rings (SSSR count). The zero-order valence-corrected chi connectivity index (χ0v) is 33.8. The van der Waals surface area contributed by atoms with Gasteiger partial charge in [-0.05, 0) is 84.7 Å². The quantitative estimate of drug-likeness (QED) is 0.137. The number of urea groups is 1. The molecule has 55 heavy (non-hydrogen) atoms. The maximum Gasteiger partial charge on any atom is 0.315 e. The molecule has 0 bridgehead atoms. The molecule has 2 unspecified atom stereocenters. The second-order valence-corrected chi connectivity index (χ2v) is 20.3. The molecule has 0 radical (unpaired) electrons. The van der Waals surface area contributed by atoms with Crippen LogP contribution in [0.2, 0.25) is 0 Å². The number of nitrogens with one attached hydrogen (secondary N) is 4. The highest BCUT2D eigenvalue weighted by Gasteiger charge is 2.70. The summed E-state index contributed by atoms with van der Waals surface area (Å²) in [7, 11) is -3.47. The second kappa shape index (κ2) is 16.4. The van der Waals surface area contributed by atoms with Gasteiger partial charge >= 0.3 is 6.03 Å². The fourth-order valence-electron chi connectivity index (χ4n) is 9.65. The minimum absolute atomic E-state index is 0.0532. The molecule has 4 fully saturated rings. The van der Waals surface area contributed by atoms with E-state index >= 15 is 0 Å². The van der Waals surface area contributed by atoms with Crippen LogP contribution in [0.15, 0.2) is 36.9 Å². The molecule has 4 N–H and O–H groups in total. The minimum atomic E-state index is -3.47. The molecule has 1 aromatic rings. The number of benzene rings is 1. The highest BCUT2D eigenvalue weighted by molar-refractivity contribution is 7.91. The van der Waals surface area contributed by atoms with Gasteiger partial charge in [0.2, 0.25) is 17.6 Å². The molecule has 0 aromatic heterocycles. The lowest BCUT2D eigenvalue weighted by Crippen LogP contribution is -2.63. The number of hydrogen-bond donors (Lipinski definition) is 4. The van der Waals surface area contributed by atoms with Crippen LogP contribution in [0.5, 0.6) is 0 Å².